The second kappa shape index (κ2) is 8.04. The number of hydrogen-bond acceptors (Lipinski definition) is 5. The number of hydrogen-bond donors (Lipinski definition) is 1. The summed E-state index contributed by atoms with van der Waals surface area (Å²) in [5.74, 6) is 0.217. The van der Waals surface area contributed by atoms with Crippen LogP contribution >= 0.6 is 22.7 Å². The fourth-order valence-corrected chi connectivity index (χ4v) is 4.35. The molecule has 0 saturated carbocycles. The molecule has 0 aliphatic rings. The summed E-state index contributed by atoms with van der Waals surface area (Å²) in [6, 6.07) is 6.94. The van der Waals surface area contributed by atoms with Crippen molar-refractivity contribution in [2.75, 3.05) is 0 Å². The Morgan fingerprint density at radius 1 is 1.29 bits per heavy atom. The molecule has 28 heavy (non-hydrogen) atoms. The Kier molecular flexibility index (Phi) is 5.31. The zero-order chi connectivity index (χ0) is 19.5. The first-order valence-corrected chi connectivity index (χ1v) is 10.4. The number of thiazole rings is 1. The van der Waals surface area contributed by atoms with E-state index in [2.05, 4.69) is 15.3 Å². The highest BCUT2D eigenvalue weighted by atomic mass is 32.1. The highest BCUT2D eigenvalue weighted by Crippen LogP contribution is 2.25. The van der Waals surface area contributed by atoms with Crippen LogP contribution in [0.25, 0.3) is 16.3 Å². The molecule has 3 heterocycles. The molecule has 1 amide bonds. The molecule has 0 spiro atoms. The van der Waals surface area contributed by atoms with Gasteiger partial charge in [0, 0.05) is 35.3 Å². The summed E-state index contributed by atoms with van der Waals surface area (Å²) in [7, 11) is 0. The van der Waals surface area contributed by atoms with Crippen LogP contribution in [0.15, 0.2) is 52.8 Å². The van der Waals surface area contributed by atoms with Gasteiger partial charge in [0.05, 0.1) is 17.8 Å². The van der Waals surface area contributed by atoms with Gasteiger partial charge < -0.3 is 9.88 Å². The minimum Gasteiger partial charge on any atom is -0.352 e. The summed E-state index contributed by atoms with van der Waals surface area (Å²) in [5.41, 5.74) is 2.95. The van der Waals surface area contributed by atoms with E-state index in [1.165, 1.54) is 17.4 Å². The molecule has 0 bridgehead atoms. The Morgan fingerprint density at radius 3 is 2.89 bits per heavy atom. The van der Waals surface area contributed by atoms with Crippen molar-refractivity contribution >= 4 is 28.6 Å². The molecule has 0 aliphatic heterocycles. The Bertz CT molecular complexity index is 1100. The van der Waals surface area contributed by atoms with Gasteiger partial charge in [0.1, 0.15) is 16.6 Å². The van der Waals surface area contributed by atoms with Crippen LogP contribution in [0, 0.1) is 12.7 Å². The quantitative estimate of drug-likeness (QED) is 0.512. The summed E-state index contributed by atoms with van der Waals surface area (Å²) in [6.07, 6.45) is 3.55. The molecule has 8 heteroatoms. The number of nitrogens with zero attached hydrogens (tertiary/aromatic N) is 3. The molecule has 142 valence electrons. The highest BCUT2D eigenvalue weighted by molar-refractivity contribution is 7.14. The van der Waals surface area contributed by atoms with E-state index in [1.807, 2.05) is 29.1 Å². The lowest BCUT2D eigenvalue weighted by Crippen LogP contribution is -2.24. The maximum absolute atomic E-state index is 14.4. The molecule has 0 unspecified atom stereocenters. The van der Waals surface area contributed by atoms with Crippen LogP contribution in [0.5, 0.6) is 0 Å². The van der Waals surface area contributed by atoms with Crippen LogP contribution < -0.4 is 5.32 Å². The summed E-state index contributed by atoms with van der Waals surface area (Å²) < 4.78 is 16.1. The van der Waals surface area contributed by atoms with Crippen molar-refractivity contribution in [3.8, 4) is 16.3 Å². The lowest BCUT2D eigenvalue weighted by molar-refractivity contribution is -0.120. The maximum Gasteiger partial charge on any atom is 0.226 e. The molecule has 0 aliphatic carbocycles. The number of aromatic nitrogens is 3. The van der Waals surface area contributed by atoms with E-state index < -0.39 is 0 Å². The zero-order valence-electron chi connectivity index (χ0n) is 15.1. The van der Waals surface area contributed by atoms with Gasteiger partial charge in [-0.05, 0) is 36.1 Å². The van der Waals surface area contributed by atoms with Crippen molar-refractivity contribution in [3.05, 3.63) is 75.7 Å². The molecule has 0 fully saturated rings. The average Bonchev–Trinajstić information content (AvgIpc) is 3.42. The zero-order valence-corrected chi connectivity index (χ0v) is 16.7. The SMILES string of the molecule is Cc1nccn1-c1ccc(CNC(=O)Cc2csc(-c3ccsc3)n2)cc1F. The largest absolute Gasteiger partial charge is 0.352 e. The number of benzene rings is 1. The number of nitrogens with one attached hydrogen (secondary N) is 1. The van der Waals surface area contributed by atoms with Crippen LogP contribution in [0.1, 0.15) is 17.1 Å². The van der Waals surface area contributed by atoms with E-state index in [1.54, 1.807) is 40.4 Å². The first-order chi connectivity index (χ1) is 13.6. The number of imidazole rings is 1. The predicted octanol–water partition coefficient (Wildman–Crippen LogP) is 4.36. The van der Waals surface area contributed by atoms with Crippen molar-refractivity contribution in [2.24, 2.45) is 0 Å². The minimum absolute atomic E-state index is 0.142. The van der Waals surface area contributed by atoms with Gasteiger partial charge >= 0.3 is 0 Å². The Morgan fingerprint density at radius 2 is 2.18 bits per heavy atom. The van der Waals surface area contributed by atoms with Crippen LogP contribution in [0.2, 0.25) is 0 Å². The fraction of sp³-hybridized carbons (Fsp3) is 0.150. The summed E-state index contributed by atoms with van der Waals surface area (Å²) in [4.78, 5) is 20.8. The Hall–Kier alpha value is -2.84. The van der Waals surface area contributed by atoms with E-state index in [9.17, 15) is 9.18 Å². The minimum atomic E-state index is -0.354. The van der Waals surface area contributed by atoms with Crippen LogP contribution in [-0.4, -0.2) is 20.4 Å². The van der Waals surface area contributed by atoms with Gasteiger partial charge in [0.15, 0.2) is 0 Å². The second-order valence-electron chi connectivity index (χ2n) is 6.24. The number of thiophene rings is 1. The van der Waals surface area contributed by atoms with Crippen LogP contribution in [0.3, 0.4) is 0 Å². The van der Waals surface area contributed by atoms with Gasteiger partial charge in [-0.3, -0.25) is 4.79 Å². The van der Waals surface area contributed by atoms with Gasteiger partial charge in [0.25, 0.3) is 0 Å². The van der Waals surface area contributed by atoms with E-state index in [0.29, 0.717) is 17.1 Å². The van der Waals surface area contributed by atoms with Gasteiger partial charge in [-0.25, -0.2) is 14.4 Å². The molecule has 4 aromatic rings. The Balaban J connectivity index is 1.36. The van der Waals surface area contributed by atoms with Crippen LogP contribution in [0.4, 0.5) is 4.39 Å². The monoisotopic (exact) mass is 412 g/mol. The first-order valence-electron chi connectivity index (χ1n) is 8.62. The Labute approximate surface area is 169 Å². The normalized spacial score (nSPS) is 10.9. The lowest BCUT2D eigenvalue weighted by Gasteiger charge is -2.09. The second-order valence-corrected chi connectivity index (χ2v) is 7.88. The number of halogens is 1. The number of aryl methyl sites for hydroxylation is 1. The predicted molar refractivity (Wildman–Crippen MR) is 109 cm³/mol. The number of rotatable bonds is 6. The van der Waals surface area contributed by atoms with Gasteiger partial charge in [0.2, 0.25) is 5.91 Å². The maximum atomic E-state index is 14.4. The summed E-state index contributed by atoms with van der Waals surface area (Å²) >= 11 is 3.14. The molecule has 0 atom stereocenters. The van der Waals surface area contributed by atoms with Gasteiger partial charge in [-0.15, -0.1) is 11.3 Å². The van der Waals surface area contributed by atoms with Crippen LogP contribution in [-0.2, 0) is 17.8 Å². The lowest BCUT2D eigenvalue weighted by atomic mass is 10.2. The van der Waals surface area contributed by atoms with Gasteiger partial charge in [-0.2, -0.15) is 11.3 Å². The van der Waals surface area contributed by atoms with E-state index in [4.69, 9.17) is 0 Å². The molecule has 1 aromatic carbocycles. The average molecular weight is 413 g/mol. The standard InChI is InChI=1S/C20H17FN4OS2/c1-13-22-5-6-25(13)18-3-2-14(8-17(18)21)10-23-19(26)9-16-12-28-20(24-16)15-4-7-27-11-15/h2-8,11-12H,9-10H2,1H3,(H,23,26). The summed E-state index contributed by atoms with van der Waals surface area (Å²) in [5, 5.41) is 9.67. The van der Waals surface area contributed by atoms with E-state index >= 15 is 0 Å². The third-order valence-electron chi connectivity index (χ3n) is 4.25. The van der Waals surface area contributed by atoms with Crippen molar-refractivity contribution < 1.29 is 9.18 Å². The van der Waals surface area contributed by atoms with Crippen molar-refractivity contribution in [2.45, 2.75) is 19.9 Å². The highest BCUT2D eigenvalue weighted by Gasteiger charge is 2.11. The van der Waals surface area contributed by atoms with E-state index in [0.717, 1.165) is 16.3 Å². The smallest absolute Gasteiger partial charge is 0.226 e. The third kappa shape index (κ3) is 4.02. The molecule has 1 N–H and O–H groups in total. The molecule has 3 aromatic heterocycles. The van der Waals surface area contributed by atoms with E-state index in [-0.39, 0.29) is 24.7 Å². The molecule has 0 saturated heterocycles. The van der Waals surface area contributed by atoms with Crippen molar-refractivity contribution in [1.82, 2.24) is 19.9 Å². The van der Waals surface area contributed by atoms with Crippen molar-refractivity contribution in [1.29, 1.82) is 0 Å². The molecular weight excluding hydrogens is 395 g/mol. The van der Waals surface area contributed by atoms with Gasteiger partial charge in [-0.1, -0.05) is 6.07 Å². The third-order valence-corrected chi connectivity index (χ3v) is 5.87. The fourth-order valence-electron chi connectivity index (χ4n) is 2.82. The number of amides is 1. The topological polar surface area (TPSA) is 59.8 Å². The number of carbonyl (C=O) groups excluding carboxylic acids is 1. The molecule has 5 nitrogen and oxygen atoms in total. The van der Waals surface area contributed by atoms with Crippen molar-refractivity contribution in [3.63, 3.8) is 0 Å². The molecule has 4 rings (SSSR count). The number of carbonyl (C=O) groups is 1. The summed E-state index contributed by atoms with van der Waals surface area (Å²) in [6.45, 7) is 2.08. The molecule has 0 radical (unpaired) electrons. The first kappa shape index (κ1) is 18.5. The molecular formula is C20H17FN4OS2.